The number of carboxylic acid groups (broad SMARTS) is 1. The van der Waals surface area contributed by atoms with Gasteiger partial charge in [0.1, 0.15) is 5.82 Å². The molecule has 2 atom stereocenters. The van der Waals surface area contributed by atoms with Crippen LogP contribution >= 0.6 is 0 Å². The number of hydrogen-bond acceptors (Lipinski definition) is 2. The highest BCUT2D eigenvalue weighted by Crippen LogP contribution is 2.40. The maximum atomic E-state index is 14.1. The van der Waals surface area contributed by atoms with E-state index in [4.69, 9.17) is 0 Å². The molecule has 1 fully saturated rings. The number of carbonyl (C=O) groups is 2. The summed E-state index contributed by atoms with van der Waals surface area (Å²) in [5, 5.41) is 9.32. The van der Waals surface area contributed by atoms with Crippen molar-refractivity contribution in [2.75, 3.05) is 0 Å². The van der Waals surface area contributed by atoms with Crippen molar-refractivity contribution in [3.63, 3.8) is 0 Å². The molecule has 4 nitrogen and oxygen atoms in total. The minimum absolute atomic E-state index is 0.0778. The average molecular weight is 279 g/mol. The van der Waals surface area contributed by atoms with Crippen LogP contribution < -0.4 is 0 Å². The van der Waals surface area contributed by atoms with E-state index in [-0.39, 0.29) is 23.9 Å². The lowest BCUT2D eigenvalue weighted by Gasteiger charge is -2.31. The van der Waals surface area contributed by atoms with Crippen molar-refractivity contribution in [2.45, 2.75) is 39.3 Å². The molecule has 108 valence electrons. The maximum Gasteiger partial charge on any atom is 0.309 e. The molecule has 0 bridgehead atoms. The van der Waals surface area contributed by atoms with Gasteiger partial charge in [0.05, 0.1) is 12.0 Å². The van der Waals surface area contributed by atoms with Gasteiger partial charge in [-0.15, -0.1) is 0 Å². The molecule has 1 aliphatic heterocycles. The molecule has 1 aromatic carbocycles. The molecule has 20 heavy (non-hydrogen) atoms. The molecular formula is C15H18FNO3. The summed E-state index contributed by atoms with van der Waals surface area (Å²) in [6.45, 7) is 5.43. The summed E-state index contributed by atoms with van der Waals surface area (Å²) < 4.78 is 14.1. The van der Waals surface area contributed by atoms with Crippen molar-refractivity contribution in [3.8, 4) is 0 Å². The van der Waals surface area contributed by atoms with Gasteiger partial charge in [0.15, 0.2) is 0 Å². The molecule has 2 unspecified atom stereocenters. The van der Waals surface area contributed by atoms with E-state index in [0.29, 0.717) is 0 Å². The van der Waals surface area contributed by atoms with E-state index in [2.05, 4.69) is 0 Å². The summed E-state index contributed by atoms with van der Waals surface area (Å²) in [5.41, 5.74) is 1.13. The topological polar surface area (TPSA) is 57.6 Å². The lowest BCUT2D eigenvalue weighted by atomic mass is 9.92. The van der Waals surface area contributed by atoms with Gasteiger partial charge in [0.2, 0.25) is 5.91 Å². The van der Waals surface area contributed by atoms with Crippen LogP contribution in [0.1, 0.15) is 37.4 Å². The van der Waals surface area contributed by atoms with Crippen molar-refractivity contribution in [1.82, 2.24) is 4.90 Å². The zero-order valence-corrected chi connectivity index (χ0v) is 11.8. The zero-order valence-electron chi connectivity index (χ0n) is 11.8. The van der Waals surface area contributed by atoms with E-state index >= 15 is 0 Å². The second-order valence-corrected chi connectivity index (χ2v) is 5.51. The predicted octanol–water partition coefficient (Wildman–Crippen LogP) is 2.52. The van der Waals surface area contributed by atoms with E-state index in [1.165, 1.54) is 11.0 Å². The number of hydrogen-bond donors (Lipinski definition) is 1. The quantitative estimate of drug-likeness (QED) is 0.925. The SMILES string of the molecule is Cc1ccc(F)c(C2C(C(=O)O)CC(=O)N2C(C)C)c1. The van der Waals surface area contributed by atoms with Crippen LogP contribution in [0.5, 0.6) is 0 Å². The van der Waals surface area contributed by atoms with Crippen LogP contribution in [0.4, 0.5) is 4.39 Å². The third-order valence-electron chi connectivity index (χ3n) is 3.71. The molecule has 0 aromatic heterocycles. The largest absolute Gasteiger partial charge is 0.481 e. The Kier molecular flexibility index (Phi) is 3.79. The van der Waals surface area contributed by atoms with Crippen molar-refractivity contribution in [2.24, 2.45) is 5.92 Å². The molecule has 0 radical (unpaired) electrons. The van der Waals surface area contributed by atoms with Gasteiger partial charge in [-0.1, -0.05) is 17.7 Å². The second kappa shape index (κ2) is 5.23. The van der Waals surface area contributed by atoms with Gasteiger partial charge in [-0.25, -0.2) is 4.39 Å². The van der Waals surface area contributed by atoms with Crippen LogP contribution in [-0.4, -0.2) is 27.9 Å². The van der Waals surface area contributed by atoms with Crippen LogP contribution in [0.25, 0.3) is 0 Å². The average Bonchev–Trinajstić information content (AvgIpc) is 2.70. The molecule has 0 spiro atoms. The highest BCUT2D eigenvalue weighted by molar-refractivity contribution is 5.87. The van der Waals surface area contributed by atoms with Crippen molar-refractivity contribution in [1.29, 1.82) is 0 Å². The highest BCUT2D eigenvalue weighted by atomic mass is 19.1. The number of rotatable bonds is 3. The molecule has 1 heterocycles. The summed E-state index contributed by atoms with van der Waals surface area (Å²) in [6, 6.07) is 3.68. The third kappa shape index (κ3) is 2.40. The number of aliphatic carboxylic acids is 1. The van der Waals surface area contributed by atoms with Crippen LogP contribution in [0.15, 0.2) is 18.2 Å². The maximum absolute atomic E-state index is 14.1. The Morgan fingerprint density at radius 3 is 2.65 bits per heavy atom. The summed E-state index contributed by atoms with van der Waals surface area (Å²) in [7, 11) is 0. The molecule has 0 saturated carbocycles. The summed E-state index contributed by atoms with van der Waals surface area (Å²) in [5.74, 6) is -2.67. The van der Waals surface area contributed by atoms with Gasteiger partial charge >= 0.3 is 5.97 Å². The van der Waals surface area contributed by atoms with Crippen LogP contribution in [0, 0.1) is 18.7 Å². The molecule has 1 N–H and O–H groups in total. The number of carboxylic acids is 1. The van der Waals surface area contributed by atoms with Gasteiger partial charge in [-0.2, -0.15) is 0 Å². The molecule has 1 aromatic rings. The van der Waals surface area contributed by atoms with Crippen LogP contribution in [0.3, 0.4) is 0 Å². The third-order valence-corrected chi connectivity index (χ3v) is 3.71. The Morgan fingerprint density at radius 2 is 2.10 bits per heavy atom. The lowest BCUT2D eigenvalue weighted by molar-refractivity contribution is -0.142. The minimum atomic E-state index is -1.06. The first-order chi connectivity index (χ1) is 9.32. The number of likely N-dealkylation sites (tertiary alicyclic amines) is 1. The van der Waals surface area contributed by atoms with E-state index < -0.39 is 23.7 Å². The Hall–Kier alpha value is -1.91. The molecule has 1 saturated heterocycles. The van der Waals surface area contributed by atoms with Crippen molar-refractivity contribution >= 4 is 11.9 Å². The van der Waals surface area contributed by atoms with Gasteiger partial charge < -0.3 is 10.0 Å². The molecule has 1 amide bonds. The Labute approximate surface area is 117 Å². The molecule has 1 aliphatic rings. The summed E-state index contributed by atoms with van der Waals surface area (Å²) in [4.78, 5) is 24.9. The van der Waals surface area contributed by atoms with Gasteiger partial charge in [0, 0.05) is 18.0 Å². The minimum Gasteiger partial charge on any atom is -0.481 e. The smallest absolute Gasteiger partial charge is 0.309 e. The Morgan fingerprint density at radius 1 is 1.45 bits per heavy atom. The van der Waals surface area contributed by atoms with Crippen LogP contribution in [-0.2, 0) is 9.59 Å². The summed E-state index contributed by atoms with van der Waals surface area (Å²) in [6.07, 6.45) is -0.0778. The van der Waals surface area contributed by atoms with E-state index in [1.807, 2.05) is 20.8 Å². The van der Waals surface area contributed by atoms with Crippen LogP contribution in [0.2, 0.25) is 0 Å². The number of aryl methyl sites for hydroxylation is 1. The monoisotopic (exact) mass is 279 g/mol. The molecule has 0 aliphatic carbocycles. The fraction of sp³-hybridized carbons (Fsp3) is 0.467. The fourth-order valence-electron chi connectivity index (χ4n) is 2.84. The van der Waals surface area contributed by atoms with E-state index in [0.717, 1.165) is 5.56 Å². The number of halogens is 1. The molecule has 5 heteroatoms. The lowest BCUT2D eigenvalue weighted by Crippen LogP contribution is -2.36. The zero-order chi connectivity index (χ0) is 15.0. The van der Waals surface area contributed by atoms with E-state index in [1.54, 1.807) is 12.1 Å². The van der Waals surface area contributed by atoms with E-state index in [9.17, 15) is 19.1 Å². The first kappa shape index (κ1) is 14.5. The number of benzene rings is 1. The molecular weight excluding hydrogens is 261 g/mol. The number of nitrogens with zero attached hydrogens (tertiary/aromatic N) is 1. The van der Waals surface area contributed by atoms with Crippen molar-refractivity contribution in [3.05, 3.63) is 35.1 Å². The first-order valence-corrected chi connectivity index (χ1v) is 6.63. The van der Waals surface area contributed by atoms with Gasteiger partial charge in [-0.05, 0) is 26.8 Å². The Balaban J connectivity index is 2.54. The number of amides is 1. The standard InChI is InChI=1S/C15H18FNO3/c1-8(2)17-13(18)7-11(15(19)20)14(17)10-6-9(3)4-5-12(10)16/h4-6,8,11,14H,7H2,1-3H3,(H,19,20). The highest BCUT2D eigenvalue weighted by Gasteiger charge is 2.46. The fourth-order valence-corrected chi connectivity index (χ4v) is 2.84. The van der Waals surface area contributed by atoms with Crippen molar-refractivity contribution < 1.29 is 19.1 Å². The van der Waals surface area contributed by atoms with Gasteiger partial charge in [0.25, 0.3) is 0 Å². The normalized spacial score (nSPS) is 22.6. The Bertz CT molecular complexity index is 556. The predicted molar refractivity (Wildman–Crippen MR) is 71.6 cm³/mol. The molecule has 2 rings (SSSR count). The number of carbonyl (C=O) groups excluding carboxylic acids is 1. The first-order valence-electron chi connectivity index (χ1n) is 6.63. The second-order valence-electron chi connectivity index (χ2n) is 5.51. The summed E-state index contributed by atoms with van der Waals surface area (Å²) >= 11 is 0. The van der Waals surface area contributed by atoms with Gasteiger partial charge in [-0.3, -0.25) is 9.59 Å².